The van der Waals surface area contributed by atoms with Gasteiger partial charge in [0, 0.05) is 31.9 Å². The monoisotopic (exact) mass is 609 g/mol. The van der Waals surface area contributed by atoms with Crippen molar-refractivity contribution in [2.75, 3.05) is 6.54 Å². The van der Waals surface area contributed by atoms with Gasteiger partial charge in [-0.15, -0.1) is 0 Å². The van der Waals surface area contributed by atoms with E-state index in [4.69, 9.17) is 0 Å². The molecule has 2 fully saturated rings. The highest BCUT2D eigenvalue weighted by molar-refractivity contribution is 5.93. The molecule has 43 heavy (non-hydrogen) atoms. The third-order valence-corrected chi connectivity index (χ3v) is 8.48. The standard InChI is InChI=1S/C30H45F2N5O6/c1-28(2,3)23(36-27(42)43)26(41)37-18-30(11-6-5-7-12-30)16-21(37)24(39)35-20(8-13-29(4,31)32)22(38)25(40)34-17-19-9-14-33-15-10-19/h9-10,14-15,20-23,36,38H,5-8,11-13,16-18H2,1-4H3,(H,34,40)(H,35,39)(H,42,43)/t20?,21-,22?,23?/m0/s1. The molecule has 1 saturated heterocycles. The van der Waals surface area contributed by atoms with E-state index in [0.717, 1.165) is 32.1 Å². The molecule has 1 aliphatic heterocycles. The third-order valence-electron chi connectivity index (χ3n) is 8.48. The Balaban J connectivity index is 1.85. The largest absolute Gasteiger partial charge is 0.465 e. The van der Waals surface area contributed by atoms with Gasteiger partial charge in [0.1, 0.15) is 12.1 Å². The van der Waals surface area contributed by atoms with Gasteiger partial charge in [0.25, 0.3) is 5.91 Å². The fourth-order valence-electron chi connectivity index (χ4n) is 6.10. The first-order chi connectivity index (χ1) is 20.0. The summed E-state index contributed by atoms with van der Waals surface area (Å²) in [5.74, 6) is -5.18. The zero-order valence-electron chi connectivity index (χ0n) is 25.4. The smallest absolute Gasteiger partial charge is 0.405 e. The minimum Gasteiger partial charge on any atom is -0.465 e. The summed E-state index contributed by atoms with van der Waals surface area (Å²) >= 11 is 0. The van der Waals surface area contributed by atoms with Crippen LogP contribution >= 0.6 is 0 Å². The molecule has 2 aliphatic rings. The van der Waals surface area contributed by atoms with Crippen molar-refractivity contribution in [3.8, 4) is 0 Å². The first-order valence-electron chi connectivity index (χ1n) is 14.8. The van der Waals surface area contributed by atoms with E-state index in [1.807, 2.05) is 0 Å². The number of rotatable bonds is 11. The average Bonchev–Trinajstić information content (AvgIpc) is 3.30. The van der Waals surface area contributed by atoms with Crippen LogP contribution in [0.4, 0.5) is 13.6 Å². The Morgan fingerprint density at radius 1 is 1.07 bits per heavy atom. The molecule has 5 N–H and O–H groups in total. The summed E-state index contributed by atoms with van der Waals surface area (Å²) in [7, 11) is 0. The van der Waals surface area contributed by atoms with E-state index in [0.29, 0.717) is 18.9 Å². The molecule has 13 heteroatoms. The number of likely N-dealkylation sites (tertiary alicyclic amines) is 1. The van der Waals surface area contributed by atoms with Crippen LogP contribution in [0.15, 0.2) is 24.5 Å². The molecule has 4 amide bonds. The van der Waals surface area contributed by atoms with Gasteiger partial charge in [-0.3, -0.25) is 19.4 Å². The van der Waals surface area contributed by atoms with Crippen LogP contribution in [0.25, 0.3) is 0 Å². The molecule has 1 aromatic rings. The Bertz CT molecular complexity index is 1130. The number of aromatic nitrogens is 1. The summed E-state index contributed by atoms with van der Waals surface area (Å²) in [5.41, 5.74) is -0.442. The van der Waals surface area contributed by atoms with Gasteiger partial charge in [0.15, 0.2) is 6.10 Å². The van der Waals surface area contributed by atoms with E-state index in [9.17, 15) is 38.2 Å². The van der Waals surface area contributed by atoms with E-state index in [2.05, 4.69) is 20.9 Å². The van der Waals surface area contributed by atoms with Gasteiger partial charge in [-0.05, 0) is 61.1 Å². The molecule has 1 saturated carbocycles. The van der Waals surface area contributed by atoms with Crippen LogP contribution < -0.4 is 16.0 Å². The second kappa shape index (κ2) is 14.0. The first kappa shape index (κ1) is 34.1. The number of carboxylic acid groups (broad SMARTS) is 1. The number of aliphatic hydroxyl groups excluding tert-OH is 1. The van der Waals surface area contributed by atoms with Crippen molar-refractivity contribution in [1.82, 2.24) is 25.8 Å². The number of nitrogens with one attached hydrogen (secondary N) is 3. The van der Waals surface area contributed by atoms with Crippen LogP contribution in [0, 0.1) is 10.8 Å². The molecule has 11 nitrogen and oxygen atoms in total. The van der Waals surface area contributed by atoms with E-state index < -0.39 is 72.2 Å². The second-order valence-electron chi connectivity index (χ2n) is 13.2. The summed E-state index contributed by atoms with van der Waals surface area (Å²) in [4.78, 5) is 57.5. The van der Waals surface area contributed by atoms with Crippen LogP contribution in [-0.4, -0.2) is 80.6 Å². The lowest BCUT2D eigenvalue weighted by Gasteiger charge is -2.36. The number of pyridine rings is 1. The predicted octanol–water partition coefficient (Wildman–Crippen LogP) is 3.21. The molecule has 2 heterocycles. The third kappa shape index (κ3) is 9.57. The Morgan fingerprint density at radius 3 is 2.26 bits per heavy atom. The van der Waals surface area contributed by atoms with Crippen molar-refractivity contribution in [2.24, 2.45) is 10.8 Å². The van der Waals surface area contributed by atoms with E-state index in [1.54, 1.807) is 32.9 Å². The van der Waals surface area contributed by atoms with Crippen LogP contribution in [-0.2, 0) is 20.9 Å². The number of hydrogen-bond donors (Lipinski definition) is 5. The summed E-state index contributed by atoms with van der Waals surface area (Å²) in [6.45, 7) is 6.18. The normalized spacial score (nSPS) is 20.6. The Kier molecular flexibility index (Phi) is 11.1. The minimum absolute atomic E-state index is 0.0568. The maximum Gasteiger partial charge on any atom is 0.405 e. The topological polar surface area (TPSA) is 161 Å². The molecule has 4 atom stereocenters. The number of aliphatic hydroxyl groups is 1. The molecule has 0 bridgehead atoms. The van der Waals surface area contributed by atoms with Crippen molar-refractivity contribution in [3.05, 3.63) is 30.1 Å². The zero-order chi connectivity index (χ0) is 32.0. The Morgan fingerprint density at radius 2 is 1.70 bits per heavy atom. The van der Waals surface area contributed by atoms with Gasteiger partial charge < -0.3 is 31.1 Å². The maximum absolute atomic E-state index is 13.9. The molecular formula is C30H45F2N5O6. The van der Waals surface area contributed by atoms with Gasteiger partial charge in [-0.2, -0.15) is 0 Å². The average molecular weight is 610 g/mol. The SMILES string of the molecule is CC(F)(F)CCC(NC(=O)[C@@H]1CC2(CCCCC2)CN1C(=O)C(NC(=O)O)C(C)(C)C)C(O)C(=O)NCc1ccncc1. The highest BCUT2D eigenvalue weighted by atomic mass is 19.3. The van der Waals surface area contributed by atoms with Crippen LogP contribution in [0.5, 0.6) is 0 Å². The number of hydrogen-bond acceptors (Lipinski definition) is 6. The Hall–Kier alpha value is -3.35. The van der Waals surface area contributed by atoms with Crippen LogP contribution in [0.3, 0.4) is 0 Å². The lowest BCUT2D eigenvalue weighted by atomic mass is 9.72. The van der Waals surface area contributed by atoms with Gasteiger partial charge in [-0.1, -0.05) is 40.0 Å². The number of carbonyl (C=O) groups excluding carboxylic acids is 3. The fraction of sp³-hybridized carbons (Fsp3) is 0.700. The zero-order valence-corrected chi connectivity index (χ0v) is 25.4. The molecule has 240 valence electrons. The van der Waals surface area contributed by atoms with Gasteiger partial charge in [0.05, 0.1) is 6.04 Å². The molecular weight excluding hydrogens is 564 g/mol. The molecule has 3 rings (SSSR count). The fourth-order valence-corrected chi connectivity index (χ4v) is 6.10. The summed E-state index contributed by atoms with van der Waals surface area (Å²) in [5, 5.41) is 27.8. The molecule has 3 unspecified atom stereocenters. The number of halogens is 2. The summed E-state index contributed by atoms with van der Waals surface area (Å²) in [6.07, 6.45) is 3.56. The van der Waals surface area contributed by atoms with Gasteiger partial charge in [-0.25, -0.2) is 13.6 Å². The number of alkyl halides is 2. The number of nitrogens with zero attached hydrogens (tertiary/aromatic N) is 2. The van der Waals surface area contributed by atoms with Gasteiger partial charge in [0.2, 0.25) is 17.7 Å². The summed E-state index contributed by atoms with van der Waals surface area (Å²) in [6, 6.07) is -0.187. The quantitative estimate of drug-likeness (QED) is 0.257. The first-order valence-corrected chi connectivity index (χ1v) is 14.8. The van der Waals surface area contributed by atoms with Crippen molar-refractivity contribution in [2.45, 2.75) is 116 Å². The van der Waals surface area contributed by atoms with Crippen LogP contribution in [0.1, 0.15) is 84.6 Å². The second-order valence-corrected chi connectivity index (χ2v) is 13.2. The molecule has 1 aliphatic carbocycles. The molecule has 1 aromatic heterocycles. The van der Waals surface area contributed by atoms with Crippen molar-refractivity contribution < 1.29 is 38.2 Å². The van der Waals surface area contributed by atoms with Crippen molar-refractivity contribution in [1.29, 1.82) is 0 Å². The predicted molar refractivity (Wildman–Crippen MR) is 154 cm³/mol. The minimum atomic E-state index is -3.11. The maximum atomic E-state index is 13.9. The van der Waals surface area contributed by atoms with Crippen molar-refractivity contribution in [3.63, 3.8) is 0 Å². The number of amides is 4. The molecule has 0 radical (unpaired) electrons. The molecule has 1 spiro atoms. The lowest BCUT2D eigenvalue weighted by molar-refractivity contribution is -0.143. The van der Waals surface area contributed by atoms with Crippen LogP contribution in [0.2, 0.25) is 0 Å². The van der Waals surface area contributed by atoms with E-state index in [1.165, 1.54) is 17.3 Å². The highest BCUT2D eigenvalue weighted by Gasteiger charge is 2.51. The van der Waals surface area contributed by atoms with Gasteiger partial charge >= 0.3 is 6.09 Å². The number of carbonyl (C=O) groups is 4. The van der Waals surface area contributed by atoms with E-state index in [-0.39, 0.29) is 18.5 Å². The summed E-state index contributed by atoms with van der Waals surface area (Å²) < 4.78 is 27.7. The van der Waals surface area contributed by atoms with Crippen molar-refractivity contribution >= 4 is 23.8 Å². The van der Waals surface area contributed by atoms with E-state index >= 15 is 0 Å². The lowest BCUT2D eigenvalue weighted by Crippen LogP contribution is -2.59. The molecule has 0 aromatic carbocycles. The highest BCUT2D eigenvalue weighted by Crippen LogP contribution is 2.47. The Labute approximate surface area is 251 Å².